The number of aldehydes is 1. The molecule has 1 unspecified atom stereocenters. The van der Waals surface area contributed by atoms with Crippen LogP contribution in [0, 0.1) is 0 Å². The van der Waals surface area contributed by atoms with Crippen LogP contribution < -0.4 is 5.43 Å². The molecule has 0 aromatic heterocycles. The summed E-state index contributed by atoms with van der Waals surface area (Å²) in [5.41, 5.74) is 7.34. The van der Waals surface area contributed by atoms with Crippen molar-refractivity contribution >= 4 is 12.0 Å². The summed E-state index contributed by atoms with van der Waals surface area (Å²) in [5.74, 6) is 0. The highest BCUT2D eigenvalue weighted by atomic mass is 16.1. The van der Waals surface area contributed by atoms with Crippen molar-refractivity contribution in [3.63, 3.8) is 0 Å². The van der Waals surface area contributed by atoms with E-state index in [2.05, 4.69) is 22.7 Å². The topological polar surface area (TPSA) is 41.5 Å². The number of hydrogen-bond donors (Lipinski definition) is 1. The van der Waals surface area contributed by atoms with Crippen molar-refractivity contribution in [2.45, 2.75) is 18.9 Å². The Morgan fingerprint density at radius 3 is 2.55 bits per heavy atom. The van der Waals surface area contributed by atoms with Gasteiger partial charge in [0.25, 0.3) is 0 Å². The van der Waals surface area contributed by atoms with Crippen molar-refractivity contribution in [2.75, 3.05) is 0 Å². The average molecular weight is 264 g/mol. The number of hydrazone groups is 1. The number of aryl methyl sites for hydroxylation is 1. The molecule has 100 valence electrons. The zero-order valence-electron chi connectivity index (χ0n) is 11.1. The van der Waals surface area contributed by atoms with E-state index < -0.39 is 0 Å². The molecule has 0 aliphatic carbocycles. The molecule has 0 spiro atoms. The van der Waals surface area contributed by atoms with Crippen molar-refractivity contribution in [3.05, 3.63) is 71.3 Å². The van der Waals surface area contributed by atoms with Crippen LogP contribution in [0.5, 0.6) is 0 Å². The first-order chi connectivity index (χ1) is 9.88. The number of benzene rings is 2. The van der Waals surface area contributed by atoms with Crippen LogP contribution in [0.3, 0.4) is 0 Å². The molecule has 20 heavy (non-hydrogen) atoms. The molecular formula is C17H16N2O. The lowest BCUT2D eigenvalue weighted by Crippen LogP contribution is -2.27. The summed E-state index contributed by atoms with van der Waals surface area (Å²) in [7, 11) is 0. The van der Waals surface area contributed by atoms with Gasteiger partial charge >= 0.3 is 0 Å². The number of carbonyl (C=O) groups is 1. The van der Waals surface area contributed by atoms with Crippen molar-refractivity contribution in [1.29, 1.82) is 0 Å². The first-order valence-corrected chi connectivity index (χ1v) is 6.79. The summed E-state index contributed by atoms with van der Waals surface area (Å²) in [4.78, 5) is 11.1. The zero-order chi connectivity index (χ0) is 13.8. The normalized spacial score (nSPS) is 16.8. The Labute approximate surface area is 118 Å². The van der Waals surface area contributed by atoms with E-state index in [0.29, 0.717) is 0 Å². The largest absolute Gasteiger partial charge is 0.301 e. The number of nitrogens with one attached hydrogen (secondary N) is 1. The van der Waals surface area contributed by atoms with Crippen molar-refractivity contribution < 1.29 is 4.79 Å². The van der Waals surface area contributed by atoms with Crippen LogP contribution in [0.1, 0.15) is 29.2 Å². The summed E-state index contributed by atoms with van der Waals surface area (Å²) in [6, 6.07) is 18.0. The number of nitrogens with zero attached hydrogens (tertiary/aromatic N) is 1. The monoisotopic (exact) mass is 264 g/mol. The number of hydrogen-bond acceptors (Lipinski definition) is 3. The van der Waals surface area contributed by atoms with Crippen molar-refractivity contribution in [2.24, 2.45) is 5.10 Å². The average Bonchev–Trinajstić information content (AvgIpc) is 2.53. The summed E-state index contributed by atoms with van der Waals surface area (Å²) in [5, 5.41) is 4.37. The van der Waals surface area contributed by atoms with Gasteiger partial charge in [0.2, 0.25) is 0 Å². The SMILES string of the molecule is O=CC1NN=C(CCc2ccccc2)c2ccccc21. The quantitative estimate of drug-likeness (QED) is 0.863. The Kier molecular flexibility index (Phi) is 3.59. The first kappa shape index (κ1) is 12.6. The predicted molar refractivity (Wildman–Crippen MR) is 79.7 cm³/mol. The molecule has 1 heterocycles. The molecule has 1 aliphatic heterocycles. The van der Waals surface area contributed by atoms with Gasteiger partial charge in [0.1, 0.15) is 12.3 Å². The molecule has 1 atom stereocenters. The van der Waals surface area contributed by atoms with Gasteiger partial charge in [0, 0.05) is 5.56 Å². The first-order valence-electron chi connectivity index (χ1n) is 6.79. The van der Waals surface area contributed by atoms with E-state index in [1.807, 2.05) is 42.5 Å². The molecule has 2 aromatic carbocycles. The fraction of sp³-hybridized carbons (Fsp3) is 0.176. The molecule has 0 saturated carbocycles. The zero-order valence-corrected chi connectivity index (χ0v) is 11.1. The van der Waals surface area contributed by atoms with Crippen molar-refractivity contribution in [3.8, 4) is 0 Å². The molecular weight excluding hydrogens is 248 g/mol. The maximum absolute atomic E-state index is 11.1. The molecule has 0 fully saturated rings. The van der Waals surface area contributed by atoms with E-state index in [1.165, 1.54) is 5.56 Å². The number of rotatable bonds is 4. The molecule has 0 bridgehead atoms. The second-order valence-electron chi connectivity index (χ2n) is 4.87. The molecule has 3 nitrogen and oxygen atoms in total. The summed E-state index contributed by atoms with van der Waals surface area (Å²) < 4.78 is 0. The van der Waals surface area contributed by atoms with Gasteiger partial charge in [-0.2, -0.15) is 5.10 Å². The lowest BCUT2D eigenvalue weighted by atomic mass is 9.93. The maximum atomic E-state index is 11.1. The molecule has 0 radical (unpaired) electrons. The van der Waals surface area contributed by atoms with Crippen LogP contribution in [0.15, 0.2) is 59.7 Å². The van der Waals surface area contributed by atoms with E-state index >= 15 is 0 Å². The highest BCUT2D eigenvalue weighted by Gasteiger charge is 2.21. The van der Waals surface area contributed by atoms with Crippen molar-refractivity contribution in [1.82, 2.24) is 5.43 Å². The molecule has 0 saturated heterocycles. The van der Waals surface area contributed by atoms with E-state index in [0.717, 1.165) is 36.0 Å². The Bertz CT molecular complexity index is 634. The van der Waals surface area contributed by atoms with Crippen LogP contribution in [0.4, 0.5) is 0 Å². The highest BCUT2D eigenvalue weighted by molar-refractivity contribution is 6.03. The minimum Gasteiger partial charge on any atom is -0.301 e. The number of fused-ring (bicyclic) bond motifs is 1. The van der Waals surface area contributed by atoms with E-state index in [1.54, 1.807) is 0 Å². The summed E-state index contributed by atoms with van der Waals surface area (Å²) in [6.07, 6.45) is 2.71. The molecule has 0 amide bonds. The van der Waals surface area contributed by atoms with Gasteiger partial charge in [-0.3, -0.25) is 5.43 Å². The van der Waals surface area contributed by atoms with Gasteiger partial charge in [0.05, 0.1) is 5.71 Å². The summed E-state index contributed by atoms with van der Waals surface area (Å²) in [6.45, 7) is 0. The van der Waals surface area contributed by atoms with Crippen LogP contribution in [0.2, 0.25) is 0 Å². The van der Waals surface area contributed by atoms with Gasteiger partial charge in [-0.25, -0.2) is 0 Å². The molecule has 1 aliphatic rings. The molecule has 2 aromatic rings. The van der Waals surface area contributed by atoms with Gasteiger partial charge in [0.15, 0.2) is 0 Å². The van der Waals surface area contributed by atoms with E-state index in [-0.39, 0.29) is 6.04 Å². The lowest BCUT2D eigenvalue weighted by Gasteiger charge is -2.22. The molecule has 3 heteroatoms. The van der Waals surface area contributed by atoms with Crippen LogP contribution >= 0.6 is 0 Å². The number of carbonyl (C=O) groups excluding carboxylic acids is 1. The fourth-order valence-corrected chi connectivity index (χ4v) is 2.51. The van der Waals surface area contributed by atoms with Gasteiger partial charge in [-0.1, -0.05) is 54.6 Å². The van der Waals surface area contributed by atoms with Crippen LogP contribution in [-0.4, -0.2) is 12.0 Å². The minimum absolute atomic E-state index is 0.327. The van der Waals surface area contributed by atoms with Crippen LogP contribution in [-0.2, 0) is 11.2 Å². The van der Waals surface area contributed by atoms with Gasteiger partial charge in [-0.15, -0.1) is 0 Å². The Morgan fingerprint density at radius 1 is 1.00 bits per heavy atom. The third-order valence-electron chi connectivity index (χ3n) is 3.57. The smallest absolute Gasteiger partial charge is 0.148 e. The standard InChI is InChI=1S/C17H16N2O/c20-12-17-15-9-5-4-8-14(15)16(18-19-17)11-10-13-6-2-1-3-7-13/h1-9,12,17,19H,10-11H2. The molecule has 3 rings (SSSR count). The molecule has 1 N–H and O–H groups in total. The van der Waals surface area contributed by atoms with Gasteiger partial charge < -0.3 is 4.79 Å². The van der Waals surface area contributed by atoms with Crippen LogP contribution in [0.25, 0.3) is 0 Å². The minimum atomic E-state index is -0.327. The predicted octanol–water partition coefficient (Wildman–Crippen LogP) is 2.87. The highest BCUT2D eigenvalue weighted by Crippen LogP contribution is 2.23. The van der Waals surface area contributed by atoms with E-state index in [4.69, 9.17) is 0 Å². The Morgan fingerprint density at radius 2 is 1.75 bits per heavy atom. The Hall–Kier alpha value is -2.42. The van der Waals surface area contributed by atoms with Gasteiger partial charge in [-0.05, 0) is 24.0 Å². The maximum Gasteiger partial charge on any atom is 0.148 e. The summed E-state index contributed by atoms with van der Waals surface area (Å²) >= 11 is 0. The third kappa shape index (κ3) is 2.48. The lowest BCUT2D eigenvalue weighted by molar-refractivity contribution is -0.109. The second-order valence-corrected chi connectivity index (χ2v) is 4.87. The second kappa shape index (κ2) is 5.70. The third-order valence-corrected chi connectivity index (χ3v) is 3.57. The van der Waals surface area contributed by atoms with E-state index in [9.17, 15) is 4.79 Å². The Balaban J connectivity index is 1.81. The fourth-order valence-electron chi connectivity index (χ4n) is 2.51.